The molecule has 0 aliphatic heterocycles. The van der Waals surface area contributed by atoms with E-state index in [-0.39, 0.29) is 6.61 Å². The normalized spacial score (nSPS) is 10.5. The highest BCUT2D eigenvalue weighted by Gasteiger charge is 2.14. The molecule has 0 aromatic heterocycles. The predicted molar refractivity (Wildman–Crippen MR) is 101 cm³/mol. The van der Waals surface area contributed by atoms with Gasteiger partial charge in [0.2, 0.25) is 0 Å². The average Bonchev–Trinajstić information content (AvgIpc) is 2.57. The zero-order chi connectivity index (χ0) is 18.6. The van der Waals surface area contributed by atoms with Crippen molar-refractivity contribution in [2.24, 2.45) is 0 Å². The molecule has 2 aromatic carbocycles. The minimum absolute atomic E-state index is 0.168. The Morgan fingerprint density at radius 1 is 0.840 bits per heavy atom. The Balaban J connectivity index is 1.94. The van der Waals surface area contributed by atoms with E-state index >= 15 is 0 Å². The Morgan fingerprint density at radius 3 is 1.84 bits per heavy atom. The highest BCUT2D eigenvalue weighted by atomic mass is 16.7. The van der Waals surface area contributed by atoms with Gasteiger partial charge in [0.1, 0.15) is 0 Å². The fourth-order valence-corrected chi connectivity index (χ4v) is 2.60. The quantitative estimate of drug-likeness (QED) is 0.745. The zero-order valence-corrected chi connectivity index (χ0v) is 15.8. The van der Waals surface area contributed by atoms with Crippen LogP contribution in [0.2, 0.25) is 0 Å². The second kappa shape index (κ2) is 8.03. The van der Waals surface area contributed by atoms with Crippen molar-refractivity contribution in [3.63, 3.8) is 0 Å². The van der Waals surface area contributed by atoms with E-state index in [4.69, 9.17) is 9.68 Å². The summed E-state index contributed by atoms with van der Waals surface area (Å²) in [5.41, 5.74) is 6.29. The molecule has 134 valence electrons. The number of aryl methyl sites for hydroxylation is 2. The molecule has 0 radical (unpaired) electrons. The van der Waals surface area contributed by atoms with Gasteiger partial charge in [0.05, 0.1) is 11.4 Å². The number of hydrogen-bond donors (Lipinski definition) is 0. The number of carbonyl (C=O) groups excluding carboxylic acids is 1. The molecule has 0 bridgehead atoms. The van der Waals surface area contributed by atoms with Gasteiger partial charge in [-0.1, -0.05) is 24.3 Å². The molecule has 0 unspecified atom stereocenters. The molecule has 5 heteroatoms. The summed E-state index contributed by atoms with van der Waals surface area (Å²) in [6.45, 7) is 7.92. The lowest BCUT2D eigenvalue weighted by Gasteiger charge is -2.23. The van der Waals surface area contributed by atoms with Gasteiger partial charge in [-0.05, 0) is 62.1 Å². The molecule has 0 atom stereocenters. The molecule has 0 saturated heterocycles. The maximum atomic E-state index is 12.1. The second-order valence-corrected chi connectivity index (χ2v) is 6.17. The molecule has 0 saturated carbocycles. The van der Waals surface area contributed by atoms with Crippen LogP contribution in [0.15, 0.2) is 36.4 Å². The Morgan fingerprint density at radius 2 is 1.32 bits per heavy atom. The third-order valence-electron chi connectivity index (χ3n) is 4.45. The van der Waals surface area contributed by atoms with Gasteiger partial charge in [-0.2, -0.15) is 0 Å². The summed E-state index contributed by atoms with van der Waals surface area (Å²) < 4.78 is 0. The van der Waals surface area contributed by atoms with Crippen molar-refractivity contribution in [1.29, 1.82) is 0 Å². The summed E-state index contributed by atoms with van der Waals surface area (Å²) in [6, 6.07) is 11.8. The monoisotopic (exact) mass is 342 g/mol. The van der Waals surface area contributed by atoms with Gasteiger partial charge in [-0.3, -0.25) is 9.90 Å². The van der Waals surface area contributed by atoms with E-state index in [0.717, 1.165) is 28.1 Å². The summed E-state index contributed by atoms with van der Waals surface area (Å²) in [5.74, 6) is -0.458. The maximum Gasteiger partial charge on any atom is 0.360 e. The van der Waals surface area contributed by atoms with Crippen molar-refractivity contribution in [1.82, 2.24) is 0 Å². The first-order chi connectivity index (χ1) is 11.8. The van der Waals surface area contributed by atoms with Gasteiger partial charge in [0, 0.05) is 14.1 Å². The van der Waals surface area contributed by atoms with Gasteiger partial charge in [-0.15, -0.1) is 0 Å². The SMILES string of the molecule is Cc1cccc(N(C)OCC(=O)ON(C)c2cccc(C)c2C)c1C. The molecule has 2 aromatic rings. The van der Waals surface area contributed by atoms with Crippen LogP contribution in [-0.2, 0) is 14.5 Å². The fourth-order valence-electron chi connectivity index (χ4n) is 2.60. The van der Waals surface area contributed by atoms with Crippen LogP contribution in [0.1, 0.15) is 22.3 Å². The fraction of sp³-hybridized carbons (Fsp3) is 0.350. The Hall–Kier alpha value is -2.53. The first-order valence-electron chi connectivity index (χ1n) is 8.25. The summed E-state index contributed by atoms with van der Waals surface area (Å²) in [7, 11) is 3.50. The highest BCUT2D eigenvalue weighted by molar-refractivity contribution is 5.72. The van der Waals surface area contributed by atoms with Crippen LogP contribution in [0.25, 0.3) is 0 Å². The largest absolute Gasteiger partial charge is 0.360 e. The summed E-state index contributed by atoms with van der Waals surface area (Å²) in [6.07, 6.45) is 0. The van der Waals surface area contributed by atoms with Crippen LogP contribution >= 0.6 is 0 Å². The van der Waals surface area contributed by atoms with E-state index in [9.17, 15) is 4.79 Å². The van der Waals surface area contributed by atoms with Gasteiger partial charge >= 0.3 is 5.97 Å². The van der Waals surface area contributed by atoms with Crippen LogP contribution in [0.3, 0.4) is 0 Å². The van der Waals surface area contributed by atoms with Crippen molar-refractivity contribution in [3.05, 3.63) is 58.7 Å². The van der Waals surface area contributed by atoms with Crippen molar-refractivity contribution in [2.45, 2.75) is 27.7 Å². The number of hydrogen-bond acceptors (Lipinski definition) is 5. The molecule has 0 aliphatic carbocycles. The molecule has 0 N–H and O–H groups in total. The molecular weight excluding hydrogens is 316 g/mol. The number of hydroxylamine groups is 2. The first kappa shape index (κ1) is 18.8. The lowest BCUT2D eigenvalue weighted by Crippen LogP contribution is -2.29. The third-order valence-corrected chi connectivity index (χ3v) is 4.45. The topological polar surface area (TPSA) is 42.0 Å². The lowest BCUT2D eigenvalue weighted by molar-refractivity contribution is -0.150. The molecule has 25 heavy (non-hydrogen) atoms. The maximum absolute atomic E-state index is 12.1. The molecule has 0 amide bonds. The predicted octanol–water partition coefficient (Wildman–Crippen LogP) is 3.88. The van der Waals surface area contributed by atoms with Crippen LogP contribution in [-0.4, -0.2) is 26.7 Å². The van der Waals surface area contributed by atoms with Crippen LogP contribution in [0.5, 0.6) is 0 Å². The Labute approximate surface area is 149 Å². The van der Waals surface area contributed by atoms with Crippen molar-refractivity contribution in [3.8, 4) is 0 Å². The van der Waals surface area contributed by atoms with Gasteiger partial charge in [0.15, 0.2) is 6.61 Å². The second-order valence-electron chi connectivity index (χ2n) is 6.17. The van der Waals surface area contributed by atoms with Crippen LogP contribution < -0.4 is 10.1 Å². The lowest BCUT2D eigenvalue weighted by atomic mass is 10.1. The van der Waals surface area contributed by atoms with Gasteiger partial charge in [0.25, 0.3) is 0 Å². The minimum Gasteiger partial charge on any atom is -0.338 e. The molecule has 5 nitrogen and oxygen atoms in total. The Kier molecular flexibility index (Phi) is 6.04. The summed E-state index contributed by atoms with van der Waals surface area (Å²) in [5, 5.41) is 3.08. The van der Waals surface area contributed by atoms with E-state index in [1.165, 1.54) is 10.6 Å². The molecule has 2 rings (SSSR count). The van der Waals surface area contributed by atoms with Crippen molar-refractivity contribution < 1.29 is 14.5 Å². The molecular formula is C20H26N2O3. The average molecular weight is 342 g/mol. The standard InChI is InChI=1S/C20H26N2O3/c1-14-9-7-11-18(16(14)3)21(5)24-13-20(23)25-22(6)19-12-8-10-15(2)17(19)4/h7-12H,13H2,1-6H3. The van der Waals surface area contributed by atoms with E-state index in [1.54, 1.807) is 19.2 Å². The number of nitrogens with zero attached hydrogens (tertiary/aromatic N) is 2. The smallest absolute Gasteiger partial charge is 0.338 e. The molecule has 0 spiro atoms. The van der Waals surface area contributed by atoms with Gasteiger partial charge < -0.3 is 4.84 Å². The van der Waals surface area contributed by atoms with E-state index in [1.807, 2.05) is 64.1 Å². The molecule has 0 aliphatic rings. The van der Waals surface area contributed by atoms with Crippen molar-refractivity contribution >= 4 is 17.3 Å². The number of carbonyl (C=O) groups is 1. The van der Waals surface area contributed by atoms with E-state index < -0.39 is 5.97 Å². The van der Waals surface area contributed by atoms with Crippen LogP contribution in [0, 0.1) is 27.7 Å². The van der Waals surface area contributed by atoms with Gasteiger partial charge in [-0.25, -0.2) is 9.86 Å². The highest BCUT2D eigenvalue weighted by Crippen LogP contribution is 2.23. The summed E-state index contributed by atoms with van der Waals surface area (Å²) in [4.78, 5) is 23.0. The number of anilines is 2. The Bertz CT molecular complexity index is 759. The number of rotatable bonds is 6. The minimum atomic E-state index is -0.458. The first-order valence-corrected chi connectivity index (χ1v) is 8.25. The molecule has 0 fully saturated rings. The third kappa shape index (κ3) is 4.51. The van der Waals surface area contributed by atoms with Crippen LogP contribution in [0.4, 0.5) is 11.4 Å². The van der Waals surface area contributed by atoms with E-state index in [2.05, 4.69) is 0 Å². The molecule has 0 heterocycles. The van der Waals surface area contributed by atoms with Crippen molar-refractivity contribution in [2.75, 3.05) is 30.8 Å². The zero-order valence-electron chi connectivity index (χ0n) is 15.8. The van der Waals surface area contributed by atoms with E-state index in [0.29, 0.717) is 0 Å². The summed E-state index contributed by atoms with van der Waals surface area (Å²) >= 11 is 0. The number of benzene rings is 2.